The molecule has 1 saturated heterocycles. The molecule has 3 rings (SSSR count). The van der Waals surface area contributed by atoms with Crippen LogP contribution in [0.25, 0.3) is 0 Å². The predicted octanol–water partition coefficient (Wildman–Crippen LogP) is 5.37. The van der Waals surface area contributed by atoms with E-state index in [1.807, 2.05) is 32.0 Å². The first-order valence-corrected chi connectivity index (χ1v) is 12.8. The number of carbonyl (C=O) groups excluding carboxylic acids is 3. The lowest BCUT2D eigenvalue weighted by Crippen LogP contribution is -2.35. The molecular weight excluding hydrogens is 452 g/mol. The number of anilines is 1. The van der Waals surface area contributed by atoms with Crippen molar-refractivity contribution < 1.29 is 24.2 Å². The third kappa shape index (κ3) is 6.67. The molecule has 1 aliphatic heterocycles. The van der Waals surface area contributed by atoms with Crippen LogP contribution in [0.5, 0.6) is 0 Å². The smallest absolute Gasteiger partial charge is 0.348 e. The number of nitrogens with zero attached hydrogens (tertiary/aromatic N) is 1. The van der Waals surface area contributed by atoms with Crippen LogP contribution in [0.1, 0.15) is 85.5 Å². The van der Waals surface area contributed by atoms with E-state index in [4.69, 9.17) is 4.74 Å². The van der Waals surface area contributed by atoms with Crippen LogP contribution >= 0.6 is 11.3 Å². The number of urea groups is 1. The number of hydrogen-bond acceptors (Lipinski definition) is 6. The van der Waals surface area contributed by atoms with Gasteiger partial charge in [0.1, 0.15) is 10.9 Å². The first kappa shape index (κ1) is 25.9. The zero-order chi connectivity index (χ0) is 24.7. The molecule has 3 amide bonds. The minimum atomic E-state index is -0.585. The van der Waals surface area contributed by atoms with Crippen molar-refractivity contribution in [1.29, 1.82) is 0 Å². The maximum absolute atomic E-state index is 12.5. The molecule has 1 fully saturated rings. The molecule has 0 aliphatic carbocycles. The van der Waals surface area contributed by atoms with Crippen molar-refractivity contribution in [1.82, 2.24) is 5.32 Å². The second kappa shape index (κ2) is 12.1. The number of amides is 3. The summed E-state index contributed by atoms with van der Waals surface area (Å²) in [7, 11) is 0. The van der Waals surface area contributed by atoms with E-state index in [1.165, 1.54) is 16.2 Å². The number of aryl methyl sites for hydroxylation is 1. The van der Waals surface area contributed by atoms with Gasteiger partial charge in [-0.1, -0.05) is 38.3 Å². The molecular formula is C26H34N2O5S. The van der Waals surface area contributed by atoms with E-state index in [1.54, 1.807) is 18.2 Å². The second-order valence-electron chi connectivity index (χ2n) is 8.90. The van der Waals surface area contributed by atoms with Crippen LogP contribution in [-0.2, 0) is 16.0 Å². The molecule has 0 radical (unpaired) electrons. The van der Waals surface area contributed by atoms with Gasteiger partial charge >= 0.3 is 12.0 Å². The van der Waals surface area contributed by atoms with Crippen LogP contribution in [0.3, 0.4) is 0 Å². The zero-order valence-electron chi connectivity index (χ0n) is 20.1. The van der Waals surface area contributed by atoms with Gasteiger partial charge in [-0.3, -0.25) is 15.0 Å². The SMILES string of the molecule is CCCCCC(O)c1ccc(N2C(=O)NC(=O)[C@@H]2CCCc2ccc(C(=O)OC(C)C)s2)cc1. The van der Waals surface area contributed by atoms with Crippen LogP contribution < -0.4 is 10.2 Å². The maximum Gasteiger partial charge on any atom is 0.348 e. The van der Waals surface area contributed by atoms with Crippen molar-refractivity contribution in [3.8, 4) is 0 Å². The summed E-state index contributed by atoms with van der Waals surface area (Å²) in [6.45, 7) is 5.76. The monoisotopic (exact) mass is 486 g/mol. The molecule has 8 heteroatoms. The molecule has 1 aromatic carbocycles. The summed E-state index contributed by atoms with van der Waals surface area (Å²) >= 11 is 1.40. The summed E-state index contributed by atoms with van der Waals surface area (Å²) in [5.41, 5.74) is 1.44. The minimum absolute atomic E-state index is 0.166. The highest BCUT2D eigenvalue weighted by atomic mass is 32.1. The lowest BCUT2D eigenvalue weighted by atomic mass is 10.0. The number of thiophene rings is 1. The van der Waals surface area contributed by atoms with Crippen LogP contribution in [0.15, 0.2) is 36.4 Å². The quantitative estimate of drug-likeness (QED) is 0.239. The highest BCUT2D eigenvalue weighted by Gasteiger charge is 2.38. The Hall–Kier alpha value is -2.71. The Morgan fingerprint density at radius 1 is 1.12 bits per heavy atom. The van der Waals surface area contributed by atoms with Gasteiger partial charge in [0.2, 0.25) is 0 Å². The molecule has 2 heterocycles. The van der Waals surface area contributed by atoms with Crippen molar-refractivity contribution >= 4 is 34.9 Å². The molecule has 0 spiro atoms. The molecule has 1 aromatic heterocycles. The molecule has 184 valence electrons. The number of esters is 1. The Bertz CT molecular complexity index is 985. The van der Waals surface area contributed by atoms with Crippen LogP contribution in [0.2, 0.25) is 0 Å². The number of hydrogen-bond donors (Lipinski definition) is 2. The van der Waals surface area contributed by atoms with Gasteiger partial charge in [0.05, 0.1) is 12.2 Å². The van der Waals surface area contributed by atoms with E-state index in [0.717, 1.165) is 29.7 Å². The van der Waals surface area contributed by atoms with Crippen molar-refractivity contribution in [2.24, 2.45) is 0 Å². The Morgan fingerprint density at radius 2 is 1.85 bits per heavy atom. The zero-order valence-corrected chi connectivity index (χ0v) is 20.9. The molecule has 1 unspecified atom stereocenters. The van der Waals surface area contributed by atoms with Gasteiger partial charge in [-0.05, 0) is 69.4 Å². The molecule has 34 heavy (non-hydrogen) atoms. The number of aliphatic hydroxyl groups is 1. The normalized spacial score (nSPS) is 16.7. The number of unbranched alkanes of at least 4 members (excludes halogenated alkanes) is 2. The van der Waals surface area contributed by atoms with Gasteiger partial charge in [-0.2, -0.15) is 0 Å². The lowest BCUT2D eigenvalue weighted by Gasteiger charge is -2.22. The summed E-state index contributed by atoms with van der Waals surface area (Å²) in [4.78, 5) is 40.1. The van der Waals surface area contributed by atoms with E-state index in [-0.39, 0.29) is 18.0 Å². The second-order valence-corrected chi connectivity index (χ2v) is 10.1. The Labute approximate surface area is 205 Å². The predicted molar refractivity (Wildman–Crippen MR) is 133 cm³/mol. The van der Waals surface area contributed by atoms with Gasteiger partial charge in [-0.15, -0.1) is 11.3 Å². The fraction of sp³-hybridized carbons (Fsp3) is 0.500. The third-order valence-corrected chi connectivity index (χ3v) is 6.93. The Balaban J connectivity index is 1.59. The number of nitrogens with one attached hydrogen (secondary N) is 1. The minimum Gasteiger partial charge on any atom is -0.459 e. The molecule has 7 nitrogen and oxygen atoms in total. The van der Waals surface area contributed by atoms with Crippen LogP contribution in [0.4, 0.5) is 10.5 Å². The number of aliphatic hydroxyl groups excluding tert-OH is 1. The fourth-order valence-electron chi connectivity index (χ4n) is 4.04. The van der Waals surface area contributed by atoms with Crippen molar-refractivity contribution in [3.63, 3.8) is 0 Å². The summed E-state index contributed by atoms with van der Waals surface area (Å²) < 4.78 is 5.23. The molecule has 2 atom stereocenters. The van der Waals surface area contributed by atoms with E-state index >= 15 is 0 Å². The van der Waals surface area contributed by atoms with Gasteiger partial charge in [-0.25, -0.2) is 9.59 Å². The third-order valence-electron chi connectivity index (χ3n) is 5.81. The standard InChI is InChI=1S/C26H34N2O5S/c1-4-5-6-10-22(29)18-11-13-19(14-12-18)28-21(24(30)27-26(28)32)9-7-8-20-15-16-23(34-20)25(31)33-17(2)3/h11-17,21-22,29H,4-10H2,1-3H3,(H,27,30,32)/t21-,22?/m0/s1. The fourth-order valence-corrected chi connectivity index (χ4v) is 4.97. The van der Waals surface area contributed by atoms with E-state index in [2.05, 4.69) is 12.2 Å². The van der Waals surface area contributed by atoms with Gasteiger partial charge < -0.3 is 9.84 Å². The maximum atomic E-state index is 12.5. The summed E-state index contributed by atoms with van der Waals surface area (Å²) in [6.07, 6.45) is 5.06. The molecule has 2 aromatic rings. The summed E-state index contributed by atoms with van der Waals surface area (Å²) in [6, 6.07) is 9.87. The van der Waals surface area contributed by atoms with Crippen LogP contribution in [-0.4, -0.2) is 35.2 Å². The Morgan fingerprint density at radius 3 is 2.53 bits per heavy atom. The van der Waals surface area contributed by atoms with E-state index in [0.29, 0.717) is 36.2 Å². The topological polar surface area (TPSA) is 95.9 Å². The molecule has 1 aliphatic rings. The first-order valence-electron chi connectivity index (χ1n) is 12.0. The number of carbonyl (C=O) groups is 3. The highest BCUT2D eigenvalue weighted by molar-refractivity contribution is 7.13. The highest BCUT2D eigenvalue weighted by Crippen LogP contribution is 2.28. The van der Waals surface area contributed by atoms with Crippen molar-refractivity contribution in [3.05, 3.63) is 51.7 Å². The van der Waals surface area contributed by atoms with Crippen molar-refractivity contribution in [2.45, 2.75) is 84.0 Å². The first-order chi connectivity index (χ1) is 16.3. The number of imide groups is 1. The lowest BCUT2D eigenvalue weighted by molar-refractivity contribution is -0.120. The van der Waals surface area contributed by atoms with E-state index < -0.39 is 18.2 Å². The number of benzene rings is 1. The van der Waals surface area contributed by atoms with Crippen LogP contribution in [0, 0.1) is 0 Å². The summed E-state index contributed by atoms with van der Waals surface area (Å²) in [5, 5.41) is 12.8. The van der Waals surface area contributed by atoms with Gasteiger partial charge in [0.25, 0.3) is 5.91 Å². The van der Waals surface area contributed by atoms with Gasteiger partial charge in [0.15, 0.2) is 0 Å². The number of ether oxygens (including phenoxy) is 1. The Kier molecular flexibility index (Phi) is 9.24. The van der Waals surface area contributed by atoms with Crippen molar-refractivity contribution in [2.75, 3.05) is 4.90 Å². The summed E-state index contributed by atoms with van der Waals surface area (Å²) in [5.74, 6) is -0.627. The van der Waals surface area contributed by atoms with E-state index in [9.17, 15) is 19.5 Å². The molecule has 2 N–H and O–H groups in total. The number of rotatable bonds is 12. The largest absolute Gasteiger partial charge is 0.459 e. The molecule has 0 bridgehead atoms. The molecule has 0 saturated carbocycles. The average molecular weight is 487 g/mol. The van der Waals surface area contributed by atoms with Gasteiger partial charge in [0, 0.05) is 10.6 Å². The average Bonchev–Trinajstić information content (AvgIpc) is 3.38.